The third-order valence-corrected chi connectivity index (χ3v) is 7.31. The van der Waals surface area contributed by atoms with Gasteiger partial charge in [-0.1, -0.05) is 0 Å². The fourth-order valence-electron chi connectivity index (χ4n) is 3.00. The van der Waals surface area contributed by atoms with Gasteiger partial charge in [0.15, 0.2) is 0 Å². The summed E-state index contributed by atoms with van der Waals surface area (Å²) in [4.78, 5) is 15.2. The van der Waals surface area contributed by atoms with Crippen LogP contribution in [0.15, 0.2) is 14.3 Å². The number of halogens is 2. The summed E-state index contributed by atoms with van der Waals surface area (Å²) in [5, 5.41) is 3.61. The van der Waals surface area contributed by atoms with Gasteiger partial charge in [-0.15, -0.1) is 11.3 Å². The van der Waals surface area contributed by atoms with E-state index in [0.717, 1.165) is 27.9 Å². The molecule has 0 aromatic carbocycles. The lowest BCUT2D eigenvalue weighted by molar-refractivity contribution is 0.0269. The van der Waals surface area contributed by atoms with Gasteiger partial charge >= 0.3 is 6.09 Å². The SMILES string of the molecule is CC(C)(C)OC(=O)N1CC2C(C1)C2NCc1cc(Br)c(Br)s1. The van der Waals surface area contributed by atoms with Crippen LogP contribution >= 0.6 is 43.2 Å². The van der Waals surface area contributed by atoms with Crippen molar-refractivity contribution in [1.82, 2.24) is 10.2 Å². The highest BCUT2D eigenvalue weighted by atomic mass is 79.9. The van der Waals surface area contributed by atoms with Crippen molar-refractivity contribution >= 4 is 49.3 Å². The van der Waals surface area contributed by atoms with Crippen LogP contribution in [0.4, 0.5) is 4.79 Å². The van der Waals surface area contributed by atoms with Crippen molar-refractivity contribution in [3.8, 4) is 0 Å². The standard InChI is InChI=1S/C15H20Br2N2O2S/c1-15(2,3)21-14(20)19-6-9-10(7-19)12(9)18-5-8-4-11(16)13(17)22-8/h4,9-10,12,18H,5-7H2,1-3H3. The number of likely N-dealkylation sites (tertiary alicyclic amines) is 1. The van der Waals surface area contributed by atoms with Crippen LogP contribution in [-0.4, -0.2) is 35.7 Å². The normalized spacial score (nSPS) is 27.0. The zero-order valence-corrected chi connectivity index (χ0v) is 16.8. The van der Waals surface area contributed by atoms with Crippen LogP contribution in [0.1, 0.15) is 25.6 Å². The molecule has 1 N–H and O–H groups in total. The van der Waals surface area contributed by atoms with E-state index < -0.39 is 5.60 Å². The average Bonchev–Trinajstić information content (AvgIpc) is 2.73. The fraction of sp³-hybridized carbons (Fsp3) is 0.667. The Morgan fingerprint density at radius 3 is 2.55 bits per heavy atom. The molecule has 3 rings (SSSR count). The van der Waals surface area contributed by atoms with E-state index in [-0.39, 0.29) is 6.09 Å². The first kappa shape index (κ1) is 16.7. The summed E-state index contributed by atoms with van der Waals surface area (Å²) < 4.78 is 7.68. The van der Waals surface area contributed by atoms with Gasteiger partial charge in [0.2, 0.25) is 0 Å². The third kappa shape index (κ3) is 3.68. The van der Waals surface area contributed by atoms with Gasteiger partial charge in [0.25, 0.3) is 0 Å². The molecule has 2 heterocycles. The van der Waals surface area contributed by atoms with Crippen molar-refractivity contribution < 1.29 is 9.53 Å². The monoisotopic (exact) mass is 450 g/mol. The summed E-state index contributed by atoms with van der Waals surface area (Å²) in [5.41, 5.74) is -0.415. The smallest absolute Gasteiger partial charge is 0.410 e. The molecular weight excluding hydrogens is 432 g/mol. The molecule has 1 aromatic rings. The van der Waals surface area contributed by atoms with Gasteiger partial charge < -0.3 is 15.0 Å². The lowest BCUT2D eigenvalue weighted by Crippen LogP contribution is -2.39. The number of fused-ring (bicyclic) bond motifs is 1. The largest absolute Gasteiger partial charge is 0.444 e. The molecule has 1 saturated carbocycles. The Kier molecular flexibility index (Phi) is 4.62. The first-order valence-electron chi connectivity index (χ1n) is 7.39. The zero-order chi connectivity index (χ0) is 16.1. The Labute approximate surface area is 151 Å². The molecule has 2 fully saturated rings. The highest BCUT2D eigenvalue weighted by Crippen LogP contribution is 2.46. The van der Waals surface area contributed by atoms with Gasteiger partial charge in [0.1, 0.15) is 5.60 Å². The predicted octanol–water partition coefficient (Wildman–Crippen LogP) is 4.23. The molecular formula is C15H20Br2N2O2S. The van der Waals surface area contributed by atoms with Crippen LogP contribution in [0.5, 0.6) is 0 Å². The number of thiophene rings is 1. The van der Waals surface area contributed by atoms with Crippen LogP contribution < -0.4 is 5.32 Å². The molecule has 2 aliphatic rings. The number of nitrogens with one attached hydrogen (secondary N) is 1. The fourth-order valence-corrected chi connectivity index (χ4v) is 5.13. The number of amides is 1. The summed E-state index contributed by atoms with van der Waals surface area (Å²) >= 11 is 8.78. The molecule has 1 aliphatic heterocycles. The number of piperidine rings is 1. The second kappa shape index (κ2) is 6.07. The summed E-state index contributed by atoms with van der Waals surface area (Å²) in [6.07, 6.45) is -0.176. The van der Waals surface area contributed by atoms with Crippen LogP contribution in [0.2, 0.25) is 0 Å². The van der Waals surface area contributed by atoms with Gasteiger partial charge in [0, 0.05) is 35.0 Å². The molecule has 2 atom stereocenters. The first-order chi connectivity index (χ1) is 10.2. The molecule has 2 unspecified atom stereocenters. The molecule has 1 saturated heterocycles. The number of hydrogen-bond donors (Lipinski definition) is 1. The van der Waals surface area contributed by atoms with Crippen molar-refractivity contribution in [2.45, 2.75) is 39.0 Å². The number of rotatable bonds is 3. The van der Waals surface area contributed by atoms with E-state index in [1.54, 1.807) is 11.3 Å². The van der Waals surface area contributed by atoms with E-state index in [0.29, 0.717) is 17.9 Å². The molecule has 0 radical (unpaired) electrons. The van der Waals surface area contributed by atoms with Gasteiger partial charge in [-0.3, -0.25) is 0 Å². The lowest BCUT2D eigenvalue weighted by Gasteiger charge is -2.26. The van der Waals surface area contributed by atoms with Gasteiger partial charge in [-0.05, 0) is 70.5 Å². The quantitative estimate of drug-likeness (QED) is 0.747. The van der Waals surface area contributed by atoms with Crippen molar-refractivity contribution in [1.29, 1.82) is 0 Å². The van der Waals surface area contributed by atoms with E-state index in [2.05, 4.69) is 43.2 Å². The molecule has 7 heteroatoms. The van der Waals surface area contributed by atoms with E-state index in [1.165, 1.54) is 4.88 Å². The minimum absolute atomic E-state index is 0.176. The summed E-state index contributed by atoms with van der Waals surface area (Å²) in [5.74, 6) is 1.17. The molecule has 1 aromatic heterocycles. The maximum atomic E-state index is 12.0. The predicted molar refractivity (Wildman–Crippen MR) is 95.1 cm³/mol. The Balaban J connectivity index is 1.44. The molecule has 0 spiro atoms. The maximum Gasteiger partial charge on any atom is 0.410 e. The second-order valence-electron chi connectivity index (χ2n) is 6.95. The molecule has 22 heavy (non-hydrogen) atoms. The minimum atomic E-state index is -0.415. The number of carbonyl (C=O) groups is 1. The number of hydrogen-bond acceptors (Lipinski definition) is 4. The van der Waals surface area contributed by atoms with Crippen molar-refractivity contribution in [2.24, 2.45) is 11.8 Å². The zero-order valence-electron chi connectivity index (χ0n) is 12.9. The second-order valence-corrected chi connectivity index (χ2v) is 10.3. The Hall–Kier alpha value is -0.110. The van der Waals surface area contributed by atoms with E-state index >= 15 is 0 Å². The number of ether oxygens (including phenoxy) is 1. The number of nitrogens with zero attached hydrogens (tertiary/aromatic N) is 1. The molecule has 1 aliphatic carbocycles. The van der Waals surface area contributed by atoms with Crippen LogP contribution in [0.3, 0.4) is 0 Å². The maximum absolute atomic E-state index is 12.0. The van der Waals surface area contributed by atoms with Gasteiger partial charge in [0.05, 0.1) is 3.79 Å². The summed E-state index contributed by atoms with van der Waals surface area (Å²) in [6, 6.07) is 2.69. The van der Waals surface area contributed by atoms with Gasteiger partial charge in [-0.25, -0.2) is 4.79 Å². The molecule has 122 valence electrons. The van der Waals surface area contributed by atoms with Crippen LogP contribution in [-0.2, 0) is 11.3 Å². The van der Waals surface area contributed by atoms with Gasteiger partial charge in [-0.2, -0.15) is 0 Å². The van der Waals surface area contributed by atoms with E-state index in [4.69, 9.17) is 4.74 Å². The topological polar surface area (TPSA) is 41.6 Å². The molecule has 0 bridgehead atoms. The molecule has 1 amide bonds. The summed E-state index contributed by atoms with van der Waals surface area (Å²) in [7, 11) is 0. The van der Waals surface area contributed by atoms with Crippen LogP contribution in [0, 0.1) is 11.8 Å². The van der Waals surface area contributed by atoms with E-state index in [1.807, 2.05) is 25.7 Å². The lowest BCUT2D eigenvalue weighted by atomic mass is 10.2. The Morgan fingerprint density at radius 1 is 1.41 bits per heavy atom. The highest BCUT2D eigenvalue weighted by Gasteiger charge is 2.56. The van der Waals surface area contributed by atoms with Crippen molar-refractivity contribution in [3.05, 3.63) is 19.2 Å². The molecule has 4 nitrogen and oxygen atoms in total. The average molecular weight is 452 g/mol. The summed E-state index contributed by atoms with van der Waals surface area (Å²) in [6.45, 7) is 8.24. The minimum Gasteiger partial charge on any atom is -0.444 e. The highest BCUT2D eigenvalue weighted by molar-refractivity contribution is 9.13. The van der Waals surface area contributed by atoms with E-state index in [9.17, 15) is 4.79 Å². The Bertz CT molecular complexity index is 553. The van der Waals surface area contributed by atoms with Crippen molar-refractivity contribution in [3.63, 3.8) is 0 Å². The third-order valence-electron chi connectivity index (χ3n) is 4.05. The van der Waals surface area contributed by atoms with Crippen LogP contribution in [0.25, 0.3) is 0 Å². The Morgan fingerprint density at radius 2 is 2.05 bits per heavy atom. The number of carbonyl (C=O) groups excluding carboxylic acids is 1. The first-order valence-corrected chi connectivity index (χ1v) is 9.80. The van der Waals surface area contributed by atoms with Crippen molar-refractivity contribution in [2.75, 3.05) is 13.1 Å².